The second-order valence-corrected chi connectivity index (χ2v) is 4.97. The number of carbonyl (C=O) groups excluding carboxylic acids is 2. The smallest absolute Gasteiger partial charge is 0.253 e. The van der Waals surface area contributed by atoms with Crippen LogP contribution in [0.3, 0.4) is 0 Å². The maximum Gasteiger partial charge on any atom is 0.253 e. The molecular formula is C13H17N3O2. The SMILES string of the molecule is CNC(C)(C)C(=O)N1C(=O)Cc2cc(N)ccc21. The van der Waals surface area contributed by atoms with E-state index in [1.165, 1.54) is 4.90 Å². The fourth-order valence-electron chi connectivity index (χ4n) is 1.95. The Morgan fingerprint density at radius 3 is 2.72 bits per heavy atom. The first-order valence-electron chi connectivity index (χ1n) is 5.81. The highest BCUT2D eigenvalue weighted by atomic mass is 16.2. The van der Waals surface area contributed by atoms with Crippen molar-refractivity contribution in [3.05, 3.63) is 23.8 Å². The second-order valence-electron chi connectivity index (χ2n) is 4.97. The van der Waals surface area contributed by atoms with Crippen molar-refractivity contribution in [1.29, 1.82) is 0 Å². The van der Waals surface area contributed by atoms with Gasteiger partial charge in [-0.2, -0.15) is 0 Å². The Bertz CT molecular complexity index is 523. The normalized spacial score (nSPS) is 14.8. The zero-order valence-electron chi connectivity index (χ0n) is 10.8. The summed E-state index contributed by atoms with van der Waals surface area (Å²) in [6.07, 6.45) is 0.228. The van der Waals surface area contributed by atoms with Crippen molar-refractivity contribution < 1.29 is 9.59 Å². The molecule has 5 heteroatoms. The van der Waals surface area contributed by atoms with E-state index in [-0.39, 0.29) is 18.2 Å². The first-order valence-corrected chi connectivity index (χ1v) is 5.81. The first kappa shape index (κ1) is 12.6. The number of nitrogens with two attached hydrogens (primary N) is 1. The van der Waals surface area contributed by atoms with Gasteiger partial charge in [0.25, 0.3) is 5.91 Å². The van der Waals surface area contributed by atoms with Crippen LogP contribution in [0.4, 0.5) is 11.4 Å². The fourth-order valence-corrected chi connectivity index (χ4v) is 1.95. The van der Waals surface area contributed by atoms with Crippen LogP contribution in [0.2, 0.25) is 0 Å². The third-order valence-corrected chi connectivity index (χ3v) is 3.30. The highest BCUT2D eigenvalue weighted by Crippen LogP contribution is 2.32. The molecule has 1 aromatic carbocycles. The monoisotopic (exact) mass is 247 g/mol. The number of likely N-dealkylation sites (N-methyl/N-ethyl adjacent to an activating group) is 1. The lowest BCUT2D eigenvalue weighted by Gasteiger charge is -2.28. The van der Waals surface area contributed by atoms with E-state index in [4.69, 9.17) is 5.73 Å². The van der Waals surface area contributed by atoms with Gasteiger partial charge in [0.2, 0.25) is 5.91 Å². The Balaban J connectivity index is 2.43. The first-order chi connectivity index (χ1) is 8.36. The molecule has 0 aliphatic carbocycles. The third-order valence-electron chi connectivity index (χ3n) is 3.30. The van der Waals surface area contributed by atoms with Crippen LogP contribution in [-0.4, -0.2) is 24.4 Å². The Morgan fingerprint density at radius 1 is 1.44 bits per heavy atom. The zero-order chi connectivity index (χ0) is 13.5. The fraction of sp³-hybridized carbons (Fsp3) is 0.385. The van der Waals surface area contributed by atoms with Crippen molar-refractivity contribution in [3.63, 3.8) is 0 Å². The molecule has 1 aromatic rings. The summed E-state index contributed by atoms with van der Waals surface area (Å²) >= 11 is 0. The molecule has 0 unspecified atom stereocenters. The minimum atomic E-state index is -0.779. The van der Waals surface area contributed by atoms with Gasteiger partial charge in [0, 0.05) is 5.69 Å². The largest absolute Gasteiger partial charge is 0.399 e. The Morgan fingerprint density at radius 2 is 2.11 bits per heavy atom. The van der Waals surface area contributed by atoms with E-state index in [0.29, 0.717) is 11.4 Å². The van der Waals surface area contributed by atoms with E-state index in [0.717, 1.165) is 5.56 Å². The maximum absolute atomic E-state index is 12.4. The zero-order valence-corrected chi connectivity index (χ0v) is 10.8. The number of rotatable bonds is 2. The molecule has 18 heavy (non-hydrogen) atoms. The van der Waals surface area contributed by atoms with Crippen molar-refractivity contribution in [2.45, 2.75) is 25.8 Å². The predicted octanol–water partition coefficient (Wildman–Crippen LogP) is 0.683. The van der Waals surface area contributed by atoms with Gasteiger partial charge in [-0.3, -0.25) is 9.59 Å². The second kappa shape index (κ2) is 4.10. The summed E-state index contributed by atoms with van der Waals surface area (Å²) in [6, 6.07) is 5.16. The van der Waals surface area contributed by atoms with E-state index in [1.54, 1.807) is 39.1 Å². The third kappa shape index (κ3) is 1.86. The van der Waals surface area contributed by atoms with Crippen LogP contribution in [-0.2, 0) is 16.0 Å². The van der Waals surface area contributed by atoms with Gasteiger partial charge in [-0.05, 0) is 44.7 Å². The molecule has 0 radical (unpaired) electrons. The number of nitrogens with zero attached hydrogens (tertiary/aromatic N) is 1. The molecule has 1 aliphatic rings. The Kier molecular flexibility index (Phi) is 2.86. The molecule has 0 aromatic heterocycles. The number of amides is 2. The highest BCUT2D eigenvalue weighted by Gasteiger charge is 2.39. The molecule has 3 N–H and O–H groups in total. The molecule has 1 heterocycles. The molecule has 0 spiro atoms. The van der Waals surface area contributed by atoms with Gasteiger partial charge >= 0.3 is 0 Å². The maximum atomic E-state index is 12.4. The van der Waals surface area contributed by atoms with Crippen LogP contribution < -0.4 is 16.0 Å². The lowest BCUT2D eigenvalue weighted by molar-refractivity contribution is -0.128. The molecule has 0 fully saturated rings. The van der Waals surface area contributed by atoms with Gasteiger partial charge in [-0.1, -0.05) is 0 Å². The van der Waals surface area contributed by atoms with E-state index in [1.807, 2.05) is 0 Å². The number of benzene rings is 1. The Hall–Kier alpha value is -1.88. The quantitative estimate of drug-likeness (QED) is 0.754. The van der Waals surface area contributed by atoms with E-state index >= 15 is 0 Å². The van der Waals surface area contributed by atoms with Gasteiger partial charge in [0.15, 0.2) is 0 Å². The van der Waals surface area contributed by atoms with Crippen LogP contribution in [0.5, 0.6) is 0 Å². The van der Waals surface area contributed by atoms with Crippen molar-refractivity contribution in [1.82, 2.24) is 5.32 Å². The molecular weight excluding hydrogens is 230 g/mol. The highest BCUT2D eigenvalue weighted by molar-refractivity contribution is 6.21. The van der Waals surface area contributed by atoms with Crippen LogP contribution in [0.1, 0.15) is 19.4 Å². The lowest BCUT2D eigenvalue weighted by atomic mass is 10.0. The van der Waals surface area contributed by atoms with E-state index < -0.39 is 5.54 Å². The molecule has 2 rings (SSSR count). The van der Waals surface area contributed by atoms with Gasteiger partial charge < -0.3 is 11.1 Å². The van der Waals surface area contributed by atoms with Crippen LogP contribution in [0.15, 0.2) is 18.2 Å². The van der Waals surface area contributed by atoms with Crippen LogP contribution >= 0.6 is 0 Å². The molecule has 1 aliphatic heterocycles. The molecule has 0 saturated heterocycles. The van der Waals surface area contributed by atoms with Gasteiger partial charge in [-0.25, -0.2) is 4.90 Å². The summed E-state index contributed by atoms with van der Waals surface area (Å²) in [4.78, 5) is 25.6. The number of fused-ring (bicyclic) bond motifs is 1. The topological polar surface area (TPSA) is 75.4 Å². The molecule has 5 nitrogen and oxygen atoms in total. The van der Waals surface area contributed by atoms with E-state index in [2.05, 4.69) is 5.32 Å². The lowest BCUT2D eigenvalue weighted by Crippen LogP contribution is -2.53. The molecule has 0 saturated carbocycles. The number of imide groups is 1. The number of carbonyl (C=O) groups is 2. The average Bonchev–Trinajstić information content (AvgIpc) is 2.63. The van der Waals surface area contributed by atoms with Gasteiger partial charge in [0.05, 0.1) is 17.6 Å². The predicted molar refractivity (Wildman–Crippen MR) is 70.2 cm³/mol. The minimum Gasteiger partial charge on any atom is -0.399 e. The van der Waals surface area contributed by atoms with Crippen LogP contribution in [0.25, 0.3) is 0 Å². The summed E-state index contributed by atoms with van der Waals surface area (Å²) in [5.41, 5.74) is 6.95. The number of hydrogen-bond acceptors (Lipinski definition) is 4. The number of anilines is 2. The average molecular weight is 247 g/mol. The summed E-state index contributed by atoms with van der Waals surface area (Å²) in [6.45, 7) is 3.50. The van der Waals surface area contributed by atoms with Gasteiger partial charge in [-0.15, -0.1) is 0 Å². The summed E-state index contributed by atoms with van der Waals surface area (Å²) in [7, 11) is 1.70. The number of hydrogen-bond donors (Lipinski definition) is 2. The summed E-state index contributed by atoms with van der Waals surface area (Å²) in [5.74, 6) is -0.456. The number of nitrogen functional groups attached to an aromatic ring is 1. The molecule has 0 atom stereocenters. The Labute approximate surface area is 106 Å². The van der Waals surface area contributed by atoms with Gasteiger partial charge in [0.1, 0.15) is 0 Å². The van der Waals surface area contributed by atoms with Crippen molar-refractivity contribution in [3.8, 4) is 0 Å². The summed E-state index contributed by atoms with van der Waals surface area (Å²) in [5, 5.41) is 2.91. The van der Waals surface area contributed by atoms with E-state index in [9.17, 15) is 9.59 Å². The van der Waals surface area contributed by atoms with Crippen LogP contribution in [0, 0.1) is 0 Å². The molecule has 96 valence electrons. The molecule has 0 bridgehead atoms. The number of nitrogens with one attached hydrogen (secondary N) is 1. The summed E-state index contributed by atoms with van der Waals surface area (Å²) < 4.78 is 0. The molecule has 2 amide bonds. The van der Waals surface area contributed by atoms with Crippen molar-refractivity contribution >= 4 is 23.2 Å². The van der Waals surface area contributed by atoms with Crippen molar-refractivity contribution in [2.75, 3.05) is 17.7 Å². The standard InChI is InChI=1S/C13H17N3O2/c1-13(2,15-3)12(18)16-10-5-4-9(14)6-8(10)7-11(16)17/h4-6,15H,7,14H2,1-3H3. The minimum absolute atomic E-state index is 0.205. The van der Waals surface area contributed by atoms with Crippen molar-refractivity contribution in [2.24, 2.45) is 0 Å².